The second kappa shape index (κ2) is 4.10. The maximum Gasteiger partial charge on any atom is 0.0825 e. The lowest BCUT2D eigenvalue weighted by Crippen LogP contribution is -2.06. The quantitative estimate of drug-likeness (QED) is 0.811. The van der Waals surface area contributed by atoms with E-state index in [1.165, 1.54) is 0 Å². The van der Waals surface area contributed by atoms with E-state index in [9.17, 15) is 5.11 Å². The third-order valence-corrected chi connectivity index (χ3v) is 2.88. The number of aliphatic hydroxyl groups excluding tert-OH is 1. The number of aromatic nitrogens is 1. The monoisotopic (exact) mass is 216 g/mol. The van der Waals surface area contributed by atoms with Gasteiger partial charge in [-0.1, -0.05) is 25.1 Å². The Morgan fingerprint density at radius 2 is 2.06 bits per heavy atom. The third-order valence-electron chi connectivity index (χ3n) is 2.88. The van der Waals surface area contributed by atoms with E-state index >= 15 is 0 Å². The molecular weight excluding hydrogens is 200 g/mol. The largest absolute Gasteiger partial charge is 0.398 e. The number of hydrogen-bond acceptors (Lipinski definition) is 3. The van der Waals surface area contributed by atoms with Crippen molar-refractivity contribution in [1.29, 1.82) is 0 Å². The number of nitrogen functional groups attached to an aromatic ring is 1. The predicted molar refractivity (Wildman–Crippen MR) is 66.1 cm³/mol. The van der Waals surface area contributed by atoms with Crippen LogP contribution in [0.4, 0.5) is 5.69 Å². The van der Waals surface area contributed by atoms with Crippen LogP contribution in [0.5, 0.6) is 0 Å². The van der Waals surface area contributed by atoms with Crippen LogP contribution in [0.2, 0.25) is 0 Å². The Labute approximate surface area is 94.9 Å². The Balaban J connectivity index is 2.75. The number of aryl methyl sites for hydroxylation is 1. The zero-order valence-corrected chi connectivity index (χ0v) is 9.57. The molecular formula is C13H16N2O. The summed E-state index contributed by atoms with van der Waals surface area (Å²) in [6.45, 7) is 3.82. The van der Waals surface area contributed by atoms with Gasteiger partial charge in [0.15, 0.2) is 0 Å². The van der Waals surface area contributed by atoms with Crippen LogP contribution in [0.1, 0.15) is 30.7 Å². The topological polar surface area (TPSA) is 59.1 Å². The zero-order chi connectivity index (χ0) is 11.7. The first-order valence-electron chi connectivity index (χ1n) is 5.48. The van der Waals surface area contributed by atoms with Crippen molar-refractivity contribution in [3.05, 3.63) is 35.5 Å². The minimum Gasteiger partial charge on any atom is -0.398 e. The number of fused-ring (bicyclic) bond motifs is 1. The molecule has 1 unspecified atom stereocenters. The van der Waals surface area contributed by atoms with Gasteiger partial charge in [0.2, 0.25) is 0 Å². The molecule has 0 aliphatic rings. The Bertz CT molecular complexity index is 523. The Morgan fingerprint density at radius 1 is 1.38 bits per heavy atom. The van der Waals surface area contributed by atoms with E-state index in [0.29, 0.717) is 12.1 Å². The molecule has 3 N–H and O–H groups in total. The average molecular weight is 216 g/mol. The molecule has 84 valence electrons. The molecule has 0 aliphatic heterocycles. The van der Waals surface area contributed by atoms with Gasteiger partial charge in [0.25, 0.3) is 0 Å². The summed E-state index contributed by atoms with van der Waals surface area (Å²) >= 11 is 0. The van der Waals surface area contributed by atoms with Gasteiger partial charge in [-0.15, -0.1) is 0 Å². The normalized spacial score (nSPS) is 12.9. The minimum atomic E-state index is -0.530. The van der Waals surface area contributed by atoms with Crippen molar-refractivity contribution in [3.63, 3.8) is 0 Å². The first-order chi connectivity index (χ1) is 7.65. The summed E-state index contributed by atoms with van der Waals surface area (Å²) in [5.74, 6) is 0. The molecule has 1 atom stereocenters. The van der Waals surface area contributed by atoms with E-state index in [2.05, 4.69) is 4.98 Å². The molecule has 3 nitrogen and oxygen atoms in total. The van der Waals surface area contributed by atoms with Crippen LogP contribution in [0.25, 0.3) is 10.9 Å². The fourth-order valence-corrected chi connectivity index (χ4v) is 2.00. The van der Waals surface area contributed by atoms with E-state index in [1.807, 2.05) is 38.1 Å². The predicted octanol–water partition coefficient (Wildman–Crippen LogP) is 2.57. The second-order valence-corrected chi connectivity index (χ2v) is 3.97. The molecule has 0 fully saturated rings. The summed E-state index contributed by atoms with van der Waals surface area (Å²) in [4.78, 5) is 4.47. The Morgan fingerprint density at radius 3 is 2.75 bits per heavy atom. The summed E-state index contributed by atoms with van der Waals surface area (Å²) in [5.41, 5.74) is 9.20. The number of nitrogens with two attached hydrogens (primary N) is 1. The van der Waals surface area contributed by atoms with Crippen LogP contribution in [-0.2, 0) is 0 Å². The van der Waals surface area contributed by atoms with E-state index in [-0.39, 0.29) is 0 Å². The maximum absolute atomic E-state index is 9.93. The van der Waals surface area contributed by atoms with Gasteiger partial charge in [-0.2, -0.15) is 0 Å². The summed E-state index contributed by atoms with van der Waals surface area (Å²) < 4.78 is 0. The fraction of sp³-hybridized carbons (Fsp3) is 0.308. The molecule has 0 radical (unpaired) electrons. The van der Waals surface area contributed by atoms with Crippen LogP contribution in [0.15, 0.2) is 24.3 Å². The molecule has 0 aliphatic carbocycles. The highest BCUT2D eigenvalue weighted by Crippen LogP contribution is 2.31. The number of para-hydroxylation sites is 1. The highest BCUT2D eigenvalue weighted by Gasteiger charge is 2.15. The van der Waals surface area contributed by atoms with E-state index in [4.69, 9.17) is 5.73 Å². The number of anilines is 1. The molecule has 1 aromatic carbocycles. The first kappa shape index (κ1) is 10.9. The number of aliphatic hydroxyl groups is 1. The number of pyridine rings is 1. The van der Waals surface area contributed by atoms with Crippen molar-refractivity contribution in [2.24, 2.45) is 0 Å². The molecule has 0 amide bonds. The van der Waals surface area contributed by atoms with Gasteiger partial charge in [-0.25, -0.2) is 0 Å². The van der Waals surface area contributed by atoms with Crippen molar-refractivity contribution >= 4 is 16.6 Å². The lowest BCUT2D eigenvalue weighted by molar-refractivity contribution is 0.173. The molecule has 2 rings (SSSR count). The summed E-state index contributed by atoms with van der Waals surface area (Å²) in [6, 6.07) is 7.73. The van der Waals surface area contributed by atoms with Gasteiger partial charge >= 0.3 is 0 Å². The smallest absolute Gasteiger partial charge is 0.0825 e. The highest BCUT2D eigenvalue weighted by atomic mass is 16.3. The van der Waals surface area contributed by atoms with Gasteiger partial charge < -0.3 is 10.8 Å². The average Bonchev–Trinajstić information content (AvgIpc) is 2.28. The van der Waals surface area contributed by atoms with Crippen LogP contribution in [-0.4, -0.2) is 10.1 Å². The molecule has 0 saturated heterocycles. The third kappa shape index (κ3) is 1.63. The summed E-state index contributed by atoms with van der Waals surface area (Å²) in [6.07, 6.45) is 0.113. The van der Waals surface area contributed by atoms with Gasteiger partial charge in [-0.05, 0) is 19.4 Å². The molecule has 0 spiro atoms. The number of rotatable bonds is 2. The van der Waals surface area contributed by atoms with Gasteiger partial charge in [0.1, 0.15) is 0 Å². The highest BCUT2D eigenvalue weighted by molar-refractivity contribution is 5.92. The summed E-state index contributed by atoms with van der Waals surface area (Å²) in [7, 11) is 0. The van der Waals surface area contributed by atoms with Gasteiger partial charge in [0.05, 0.1) is 11.6 Å². The summed E-state index contributed by atoms with van der Waals surface area (Å²) in [5, 5.41) is 10.8. The number of nitrogens with zero attached hydrogens (tertiary/aromatic N) is 1. The van der Waals surface area contributed by atoms with Crippen LogP contribution < -0.4 is 5.73 Å². The van der Waals surface area contributed by atoms with Crippen LogP contribution in [0, 0.1) is 6.92 Å². The van der Waals surface area contributed by atoms with Crippen molar-refractivity contribution in [3.8, 4) is 0 Å². The molecule has 16 heavy (non-hydrogen) atoms. The van der Waals surface area contributed by atoms with Gasteiger partial charge in [-0.3, -0.25) is 4.98 Å². The Kier molecular flexibility index (Phi) is 2.79. The maximum atomic E-state index is 9.93. The molecule has 0 bridgehead atoms. The fourth-order valence-electron chi connectivity index (χ4n) is 2.00. The zero-order valence-electron chi connectivity index (χ0n) is 9.57. The lowest BCUT2D eigenvalue weighted by atomic mass is 10.0. The van der Waals surface area contributed by atoms with Crippen molar-refractivity contribution in [2.75, 3.05) is 5.73 Å². The first-order valence-corrected chi connectivity index (χ1v) is 5.48. The number of benzene rings is 1. The molecule has 3 heteroatoms. The van der Waals surface area contributed by atoms with Crippen LogP contribution >= 0.6 is 0 Å². The van der Waals surface area contributed by atoms with E-state index < -0.39 is 6.10 Å². The van der Waals surface area contributed by atoms with E-state index in [0.717, 1.165) is 22.2 Å². The SMILES string of the molecule is CCC(O)c1c(C)nc2ccccc2c1N. The molecule has 1 heterocycles. The molecule has 1 aromatic heterocycles. The van der Waals surface area contributed by atoms with Crippen molar-refractivity contribution < 1.29 is 5.11 Å². The molecule has 0 saturated carbocycles. The van der Waals surface area contributed by atoms with Gasteiger partial charge in [0, 0.05) is 22.3 Å². The van der Waals surface area contributed by atoms with E-state index in [1.54, 1.807) is 0 Å². The standard InChI is InChI=1S/C13H16N2O/c1-3-11(16)12-8(2)15-10-7-5-4-6-9(10)13(12)14/h4-7,11,16H,3H2,1-2H3,(H2,14,15). The van der Waals surface area contributed by atoms with Crippen molar-refractivity contribution in [1.82, 2.24) is 4.98 Å². The van der Waals surface area contributed by atoms with Crippen molar-refractivity contribution in [2.45, 2.75) is 26.4 Å². The van der Waals surface area contributed by atoms with Crippen LogP contribution in [0.3, 0.4) is 0 Å². The molecule has 2 aromatic rings. The second-order valence-electron chi connectivity index (χ2n) is 3.97. The Hall–Kier alpha value is -1.61. The minimum absolute atomic E-state index is 0.530. The number of hydrogen-bond donors (Lipinski definition) is 2. The lowest BCUT2D eigenvalue weighted by Gasteiger charge is -2.15.